The summed E-state index contributed by atoms with van der Waals surface area (Å²) >= 11 is 0. The van der Waals surface area contributed by atoms with Crippen LogP contribution in [0.15, 0.2) is 24.3 Å². The van der Waals surface area contributed by atoms with Gasteiger partial charge in [0.25, 0.3) is 0 Å². The number of carbonyl (C=O) groups is 1. The third kappa shape index (κ3) is 4.85. The number of alkyl halides is 3. The minimum absolute atomic E-state index is 0.171. The van der Waals surface area contributed by atoms with Gasteiger partial charge in [0, 0.05) is 12.5 Å². The number of para-hydroxylation sites is 2. The molecule has 0 spiro atoms. The van der Waals surface area contributed by atoms with Gasteiger partial charge in [0.2, 0.25) is 5.91 Å². The quantitative estimate of drug-likeness (QED) is 0.859. The van der Waals surface area contributed by atoms with E-state index in [-0.39, 0.29) is 11.8 Å². The van der Waals surface area contributed by atoms with E-state index in [1.54, 1.807) is 24.3 Å². The number of β-amino-alcohol motifs (C(OH)–C–C–N with tert-alkyl or cyclic N) is 1. The fourth-order valence-electron chi connectivity index (χ4n) is 2.71. The fourth-order valence-corrected chi connectivity index (χ4v) is 2.71. The average molecular weight is 346 g/mol. The number of aliphatic hydroxyl groups excluding tert-OH is 1. The van der Waals surface area contributed by atoms with E-state index in [1.165, 1.54) is 12.0 Å². The number of ether oxygens (including phenoxy) is 1. The Bertz CT molecular complexity index is 558. The van der Waals surface area contributed by atoms with Crippen LogP contribution in [-0.4, -0.2) is 54.9 Å². The first-order valence-electron chi connectivity index (χ1n) is 7.72. The summed E-state index contributed by atoms with van der Waals surface area (Å²) in [5.74, 6) is 0.112. The molecule has 0 bridgehead atoms. The predicted molar refractivity (Wildman–Crippen MR) is 82.8 cm³/mol. The van der Waals surface area contributed by atoms with E-state index in [2.05, 4.69) is 5.32 Å². The molecule has 8 heteroatoms. The number of halogens is 3. The summed E-state index contributed by atoms with van der Waals surface area (Å²) in [5.41, 5.74) is 0.569. The van der Waals surface area contributed by atoms with Crippen LogP contribution < -0.4 is 10.1 Å². The summed E-state index contributed by atoms with van der Waals surface area (Å²) in [6.07, 6.45) is -6.06. The van der Waals surface area contributed by atoms with Crippen molar-refractivity contribution in [1.29, 1.82) is 0 Å². The topological polar surface area (TPSA) is 61.8 Å². The molecule has 24 heavy (non-hydrogen) atoms. The highest BCUT2D eigenvalue weighted by atomic mass is 19.4. The van der Waals surface area contributed by atoms with Gasteiger partial charge in [-0.25, -0.2) is 0 Å². The second-order valence-electron chi connectivity index (χ2n) is 5.82. The van der Waals surface area contributed by atoms with Crippen molar-refractivity contribution in [3.63, 3.8) is 0 Å². The molecule has 1 aromatic rings. The molecule has 134 valence electrons. The Kier molecular flexibility index (Phi) is 6.06. The summed E-state index contributed by atoms with van der Waals surface area (Å²) in [5, 5.41) is 11.9. The number of anilines is 1. The van der Waals surface area contributed by atoms with Crippen molar-refractivity contribution >= 4 is 11.6 Å². The second kappa shape index (κ2) is 7.85. The summed E-state index contributed by atoms with van der Waals surface area (Å²) in [4.78, 5) is 13.8. The molecule has 1 saturated heterocycles. The van der Waals surface area contributed by atoms with Crippen molar-refractivity contribution < 1.29 is 27.8 Å². The van der Waals surface area contributed by atoms with Crippen molar-refractivity contribution in [3.05, 3.63) is 24.3 Å². The number of benzene rings is 1. The molecule has 0 radical (unpaired) electrons. The smallest absolute Gasteiger partial charge is 0.415 e. The van der Waals surface area contributed by atoms with Crippen LogP contribution in [0.4, 0.5) is 18.9 Å². The molecule has 1 amide bonds. The zero-order valence-corrected chi connectivity index (χ0v) is 13.3. The third-order valence-corrected chi connectivity index (χ3v) is 4.13. The number of piperidine rings is 1. The summed E-state index contributed by atoms with van der Waals surface area (Å²) < 4.78 is 42.3. The van der Waals surface area contributed by atoms with Gasteiger partial charge in [-0.15, -0.1) is 0 Å². The van der Waals surface area contributed by atoms with Crippen molar-refractivity contribution in [2.24, 2.45) is 5.92 Å². The maximum Gasteiger partial charge on any atom is 0.415 e. The fraction of sp³-hybridized carbons (Fsp3) is 0.562. The molecule has 2 rings (SSSR count). The highest BCUT2D eigenvalue weighted by Gasteiger charge is 2.39. The van der Waals surface area contributed by atoms with E-state index in [9.17, 15) is 18.0 Å². The third-order valence-electron chi connectivity index (χ3n) is 4.13. The lowest BCUT2D eigenvalue weighted by atomic mass is 9.95. The maximum atomic E-state index is 12.4. The van der Waals surface area contributed by atoms with E-state index < -0.39 is 18.8 Å². The molecule has 1 aromatic carbocycles. The summed E-state index contributed by atoms with van der Waals surface area (Å²) in [7, 11) is 1.51. The van der Waals surface area contributed by atoms with Gasteiger partial charge in [-0.3, -0.25) is 4.79 Å². The molecule has 1 fully saturated rings. The molecular weight excluding hydrogens is 325 g/mol. The van der Waals surface area contributed by atoms with Crippen LogP contribution >= 0.6 is 0 Å². The first-order valence-corrected chi connectivity index (χ1v) is 7.72. The number of carbonyl (C=O) groups excluding carboxylic acids is 1. The zero-order valence-electron chi connectivity index (χ0n) is 13.3. The van der Waals surface area contributed by atoms with Crippen LogP contribution in [0.2, 0.25) is 0 Å². The molecular formula is C16H21F3N2O3. The van der Waals surface area contributed by atoms with E-state index in [0.717, 1.165) is 0 Å². The normalized spacial score (nSPS) is 18.2. The number of aliphatic hydroxyl groups is 1. The Morgan fingerprint density at radius 2 is 2.00 bits per heavy atom. The van der Waals surface area contributed by atoms with Crippen LogP contribution in [0.5, 0.6) is 5.75 Å². The number of methoxy groups -OCH3 is 1. The second-order valence-corrected chi connectivity index (χ2v) is 5.82. The molecule has 1 aliphatic heterocycles. The molecule has 1 aliphatic rings. The van der Waals surface area contributed by atoms with E-state index >= 15 is 0 Å². The molecule has 1 atom stereocenters. The Labute approximate surface area is 138 Å². The lowest BCUT2D eigenvalue weighted by Crippen LogP contribution is -2.45. The van der Waals surface area contributed by atoms with Gasteiger partial charge < -0.3 is 20.1 Å². The highest BCUT2D eigenvalue weighted by molar-refractivity contribution is 5.94. The average Bonchev–Trinajstić information content (AvgIpc) is 2.55. The van der Waals surface area contributed by atoms with Gasteiger partial charge in [-0.05, 0) is 38.1 Å². The van der Waals surface area contributed by atoms with E-state index in [1.807, 2.05) is 0 Å². The van der Waals surface area contributed by atoms with Crippen LogP contribution in [0, 0.1) is 5.92 Å². The molecule has 0 aromatic heterocycles. The van der Waals surface area contributed by atoms with Crippen molar-refractivity contribution in [1.82, 2.24) is 4.90 Å². The number of hydrogen-bond acceptors (Lipinski definition) is 4. The monoisotopic (exact) mass is 346 g/mol. The standard InChI is InChI=1S/C16H21F3N2O3/c1-24-13-5-3-2-4-12(13)20-15(23)11-6-8-21(9-7-11)10-14(22)16(17,18)19/h2-5,11,14,22H,6-10H2,1H3,(H,20,23). The number of rotatable bonds is 5. The molecule has 0 aliphatic carbocycles. The van der Waals surface area contributed by atoms with Crippen molar-refractivity contribution in [2.45, 2.75) is 25.1 Å². The Hall–Kier alpha value is -1.80. The van der Waals surface area contributed by atoms with Crippen molar-refractivity contribution in [2.75, 3.05) is 32.1 Å². The minimum atomic E-state index is -4.61. The van der Waals surface area contributed by atoms with Gasteiger partial charge in [-0.1, -0.05) is 12.1 Å². The number of nitrogens with one attached hydrogen (secondary N) is 1. The Morgan fingerprint density at radius 3 is 2.58 bits per heavy atom. The van der Waals surface area contributed by atoms with Crippen molar-refractivity contribution in [3.8, 4) is 5.75 Å². The van der Waals surface area contributed by atoms with Gasteiger partial charge in [0.15, 0.2) is 6.10 Å². The minimum Gasteiger partial charge on any atom is -0.495 e. The van der Waals surface area contributed by atoms with Gasteiger partial charge >= 0.3 is 6.18 Å². The number of hydrogen-bond donors (Lipinski definition) is 2. The Morgan fingerprint density at radius 1 is 1.38 bits per heavy atom. The first-order chi connectivity index (χ1) is 11.3. The van der Waals surface area contributed by atoms with Gasteiger partial charge in [0.1, 0.15) is 5.75 Å². The van der Waals surface area contributed by atoms with Crippen LogP contribution in [0.1, 0.15) is 12.8 Å². The molecule has 1 heterocycles. The lowest BCUT2D eigenvalue weighted by Gasteiger charge is -2.32. The molecule has 2 N–H and O–H groups in total. The predicted octanol–water partition coefficient (Wildman–Crippen LogP) is 2.27. The molecule has 0 saturated carbocycles. The SMILES string of the molecule is COc1ccccc1NC(=O)C1CCN(CC(O)C(F)(F)F)CC1. The molecule has 1 unspecified atom stereocenters. The number of amides is 1. The lowest BCUT2D eigenvalue weighted by molar-refractivity contribution is -0.208. The highest BCUT2D eigenvalue weighted by Crippen LogP contribution is 2.27. The van der Waals surface area contributed by atoms with Crippen LogP contribution in [0.25, 0.3) is 0 Å². The number of likely N-dealkylation sites (tertiary alicyclic amines) is 1. The number of nitrogens with zero attached hydrogens (tertiary/aromatic N) is 1. The van der Waals surface area contributed by atoms with Gasteiger partial charge in [0.05, 0.1) is 12.8 Å². The van der Waals surface area contributed by atoms with Crippen LogP contribution in [-0.2, 0) is 4.79 Å². The summed E-state index contributed by atoms with van der Waals surface area (Å²) in [6.45, 7) is 0.235. The van der Waals surface area contributed by atoms with Crippen LogP contribution in [0.3, 0.4) is 0 Å². The van der Waals surface area contributed by atoms with Gasteiger partial charge in [-0.2, -0.15) is 13.2 Å². The summed E-state index contributed by atoms with van der Waals surface area (Å²) in [6, 6.07) is 7.03. The Balaban J connectivity index is 1.85. The van der Waals surface area contributed by atoms with E-state index in [4.69, 9.17) is 9.84 Å². The largest absolute Gasteiger partial charge is 0.495 e. The maximum absolute atomic E-state index is 12.4. The zero-order chi connectivity index (χ0) is 17.7. The van der Waals surface area contributed by atoms with E-state index in [0.29, 0.717) is 37.4 Å². The first kappa shape index (κ1) is 18.5. The molecule has 5 nitrogen and oxygen atoms in total.